The predicted octanol–water partition coefficient (Wildman–Crippen LogP) is 6.35. The highest BCUT2D eigenvalue weighted by atomic mass is 16.5. The highest BCUT2D eigenvalue weighted by molar-refractivity contribution is 5.95. The number of carbonyl (C=O) groups is 2. The van der Waals surface area contributed by atoms with Crippen molar-refractivity contribution in [2.75, 3.05) is 14.2 Å². The number of nitrogens with one attached hydrogen (secondary N) is 2. The Hall–Kier alpha value is -6.16. The van der Waals surface area contributed by atoms with Crippen molar-refractivity contribution in [1.82, 2.24) is 29.9 Å². The zero-order chi connectivity index (χ0) is 30.2. The van der Waals surface area contributed by atoms with Crippen LogP contribution in [0.15, 0.2) is 72.8 Å². The van der Waals surface area contributed by atoms with Crippen LogP contribution in [-0.2, 0) is 9.47 Å². The quantitative estimate of drug-likeness (QED) is 0.230. The normalized spacial score (nSPS) is 11.9. The van der Waals surface area contributed by atoms with E-state index in [4.69, 9.17) is 29.4 Å². The Balaban J connectivity index is 1.46. The molecule has 0 aliphatic carbocycles. The molecule has 0 amide bonds. The van der Waals surface area contributed by atoms with Crippen LogP contribution in [0.3, 0.4) is 0 Å². The molecule has 2 aromatic carbocycles. The number of aromatic nitrogens is 6. The molecule has 44 heavy (non-hydrogen) atoms. The molecule has 10 nitrogen and oxygen atoms in total. The van der Waals surface area contributed by atoms with E-state index in [9.17, 15) is 9.59 Å². The molecule has 2 aliphatic heterocycles. The van der Waals surface area contributed by atoms with Crippen LogP contribution in [-0.4, -0.2) is 56.1 Å². The fourth-order valence-electron chi connectivity index (χ4n) is 5.21. The summed E-state index contributed by atoms with van der Waals surface area (Å²) in [5.74, 6) is 0.244. The highest BCUT2D eigenvalue weighted by Crippen LogP contribution is 2.32. The van der Waals surface area contributed by atoms with Crippen molar-refractivity contribution in [2.24, 2.45) is 0 Å². The molecule has 5 aromatic rings. The molecular formula is C34H24N6O4. The molecule has 0 radical (unpaired) electrons. The minimum atomic E-state index is -0.404. The van der Waals surface area contributed by atoms with E-state index in [1.54, 1.807) is 24.3 Å². The summed E-state index contributed by atoms with van der Waals surface area (Å²) in [5, 5.41) is 0. The molecule has 0 fully saturated rings. The lowest BCUT2D eigenvalue weighted by Gasteiger charge is -2.05. The first-order chi connectivity index (χ1) is 21.5. The average molecular weight is 581 g/mol. The second-order valence-electron chi connectivity index (χ2n) is 10.0. The van der Waals surface area contributed by atoms with Crippen LogP contribution >= 0.6 is 0 Å². The first-order valence-electron chi connectivity index (χ1n) is 13.7. The van der Waals surface area contributed by atoms with Crippen molar-refractivity contribution < 1.29 is 19.1 Å². The van der Waals surface area contributed by atoms with Gasteiger partial charge in [0, 0.05) is 22.2 Å². The third-order valence-electron chi connectivity index (χ3n) is 7.30. The number of hydrogen-bond acceptors (Lipinski definition) is 8. The number of nitrogens with zero attached hydrogens (tertiary/aromatic N) is 4. The van der Waals surface area contributed by atoms with Crippen LogP contribution < -0.4 is 0 Å². The number of benzene rings is 2. The predicted molar refractivity (Wildman–Crippen MR) is 168 cm³/mol. The van der Waals surface area contributed by atoms with Gasteiger partial charge in [-0.1, -0.05) is 24.3 Å². The summed E-state index contributed by atoms with van der Waals surface area (Å²) in [6, 6.07) is 22.0. The number of ether oxygens (including phenoxy) is 2. The summed E-state index contributed by atoms with van der Waals surface area (Å²) in [6.45, 7) is 0. The van der Waals surface area contributed by atoms with Crippen molar-refractivity contribution in [1.29, 1.82) is 0 Å². The van der Waals surface area contributed by atoms with Crippen molar-refractivity contribution in [3.63, 3.8) is 0 Å². The van der Waals surface area contributed by atoms with E-state index in [1.807, 2.05) is 72.8 Å². The van der Waals surface area contributed by atoms with Gasteiger partial charge in [0.15, 0.2) is 11.6 Å². The average Bonchev–Trinajstić information content (AvgIpc) is 3.88. The van der Waals surface area contributed by atoms with Crippen molar-refractivity contribution in [3.05, 3.63) is 107 Å². The molecule has 10 heteroatoms. The first-order valence-corrected chi connectivity index (χ1v) is 13.7. The van der Waals surface area contributed by atoms with Crippen LogP contribution in [0.2, 0.25) is 0 Å². The minimum Gasteiger partial charge on any atom is -0.465 e. The Morgan fingerprint density at radius 1 is 0.523 bits per heavy atom. The maximum Gasteiger partial charge on any atom is 0.337 e. The van der Waals surface area contributed by atoms with Gasteiger partial charge in [0.25, 0.3) is 0 Å². The summed E-state index contributed by atoms with van der Waals surface area (Å²) in [5.41, 5.74) is 8.47. The standard InChI is InChI=1S/C34H24N6O4/c1-43-33(41)21-7-3-19(4-8-21)31-23-11-15-27(35-23)39-29-17-13-25(37-29)32(20-5-9-22(10-6-20)34(42)44-2)26-14-18-30(38-26)40-28-16-12-24(31)36-28/h3-18H,1-2H3,(H,35,37,39)(H,36,38,40). The topological polar surface area (TPSA) is 136 Å². The molecule has 214 valence electrons. The van der Waals surface area contributed by atoms with Gasteiger partial charge >= 0.3 is 11.9 Å². The third-order valence-corrected chi connectivity index (χ3v) is 7.30. The van der Waals surface area contributed by atoms with Crippen molar-refractivity contribution in [2.45, 2.75) is 0 Å². The van der Waals surface area contributed by atoms with Crippen LogP contribution in [0.4, 0.5) is 0 Å². The molecule has 0 saturated carbocycles. The molecule has 0 spiro atoms. The fraction of sp³-hybridized carbons (Fsp3) is 0.0588. The van der Waals surface area contributed by atoms with Gasteiger partial charge in [-0.05, 0) is 84.0 Å². The van der Waals surface area contributed by atoms with E-state index in [1.165, 1.54) is 14.2 Å². The van der Waals surface area contributed by atoms with Gasteiger partial charge in [-0.2, -0.15) is 0 Å². The Labute approximate surface area is 250 Å². The zero-order valence-corrected chi connectivity index (χ0v) is 23.7. The molecule has 0 saturated heterocycles. The summed E-state index contributed by atoms with van der Waals surface area (Å²) < 4.78 is 9.72. The Bertz CT molecular complexity index is 2020. The van der Waals surface area contributed by atoms with Crippen molar-refractivity contribution in [3.8, 4) is 22.3 Å². The maximum absolute atomic E-state index is 12.0. The lowest BCUT2D eigenvalue weighted by atomic mass is 10.0. The smallest absolute Gasteiger partial charge is 0.337 e. The van der Waals surface area contributed by atoms with Gasteiger partial charge in [-0.15, -0.1) is 0 Å². The summed E-state index contributed by atoms with van der Waals surface area (Å²) in [6.07, 6.45) is 7.53. The number of rotatable bonds is 4. The second kappa shape index (κ2) is 10.9. The molecule has 5 heterocycles. The SMILES string of the molecule is COC(=O)c1ccc(-c2c3nc(nc4ccc([nH]4)c(-c4ccc(C(=O)OC)cc4)c4nc(nc5ccc2[nH]5)C=C4)C=C3)cc1. The van der Waals surface area contributed by atoms with Gasteiger partial charge in [0.2, 0.25) is 0 Å². The van der Waals surface area contributed by atoms with E-state index in [0.717, 1.165) is 33.3 Å². The number of hydrogen-bond donors (Lipinski definition) is 2. The molecular weight excluding hydrogens is 556 g/mol. The van der Waals surface area contributed by atoms with E-state index in [2.05, 4.69) is 9.97 Å². The third kappa shape index (κ3) is 4.94. The van der Waals surface area contributed by atoms with Gasteiger partial charge in [0.1, 0.15) is 11.3 Å². The van der Waals surface area contributed by atoms with Gasteiger partial charge < -0.3 is 19.4 Å². The van der Waals surface area contributed by atoms with Crippen molar-refractivity contribution >= 4 is 58.6 Å². The lowest BCUT2D eigenvalue weighted by molar-refractivity contribution is 0.0592. The van der Waals surface area contributed by atoms with Crippen LogP contribution in [0.5, 0.6) is 0 Å². The van der Waals surface area contributed by atoms with Gasteiger partial charge in [-0.25, -0.2) is 29.5 Å². The second-order valence-corrected chi connectivity index (χ2v) is 10.0. The number of fused-ring (bicyclic) bond motifs is 8. The fourth-order valence-corrected chi connectivity index (χ4v) is 5.21. The molecule has 2 N–H and O–H groups in total. The Kier molecular flexibility index (Phi) is 6.63. The molecule has 3 aromatic heterocycles. The highest BCUT2D eigenvalue weighted by Gasteiger charge is 2.15. The number of H-pyrrole nitrogens is 2. The van der Waals surface area contributed by atoms with E-state index < -0.39 is 11.9 Å². The summed E-state index contributed by atoms with van der Waals surface area (Å²) >= 11 is 0. The summed E-state index contributed by atoms with van der Waals surface area (Å²) in [7, 11) is 2.71. The Morgan fingerprint density at radius 2 is 0.932 bits per heavy atom. The van der Waals surface area contributed by atoms with E-state index in [0.29, 0.717) is 45.5 Å². The number of carbonyl (C=O) groups excluding carboxylic acids is 2. The minimum absolute atomic E-state index is 0.404. The number of aromatic amines is 2. The largest absolute Gasteiger partial charge is 0.465 e. The summed E-state index contributed by atoms with van der Waals surface area (Å²) in [4.78, 5) is 50.0. The van der Waals surface area contributed by atoms with Gasteiger partial charge in [0.05, 0.1) is 36.7 Å². The van der Waals surface area contributed by atoms with Crippen LogP contribution in [0.25, 0.3) is 68.9 Å². The Morgan fingerprint density at radius 3 is 1.32 bits per heavy atom. The van der Waals surface area contributed by atoms with Gasteiger partial charge in [-0.3, -0.25) is 0 Å². The lowest BCUT2D eigenvalue weighted by Crippen LogP contribution is -2.00. The molecule has 8 bridgehead atoms. The monoisotopic (exact) mass is 580 g/mol. The van der Waals surface area contributed by atoms with E-state index >= 15 is 0 Å². The van der Waals surface area contributed by atoms with Crippen LogP contribution in [0, 0.1) is 0 Å². The first kappa shape index (κ1) is 26.7. The zero-order valence-electron chi connectivity index (χ0n) is 23.7. The number of esters is 2. The molecule has 0 unspecified atom stereocenters. The molecule has 0 atom stereocenters. The molecule has 2 aliphatic rings. The molecule has 7 rings (SSSR count). The van der Waals surface area contributed by atoms with E-state index in [-0.39, 0.29) is 0 Å². The van der Waals surface area contributed by atoms with Crippen LogP contribution in [0.1, 0.15) is 43.8 Å². The maximum atomic E-state index is 12.0. The number of methoxy groups -OCH3 is 2.